The molecular weight excluding hydrogens is 366 g/mol. The lowest BCUT2D eigenvalue weighted by atomic mass is 10.0. The van der Waals surface area contributed by atoms with Crippen molar-refractivity contribution in [3.05, 3.63) is 33.9 Å². The molecule has 2 rings (SSSR count). The number of ether oxygens (including phenoxy) is 2. The molecule has 9 nitrogen and oxygen atoms in total. The first-order valence-corrected chi connectivity index (χ1v) is 9.03. The summed E-state index contributed by atoms with van der Waals surface area (Å²) < 4.78 is 11.4. The SMILES string of the molecule is C[C@@H]1CN(C)C(=O)c2cc([N+](=O)[O-])ccc2O[C@@H]1CN(C)C(=O)OC(C)(C)C. The lowest BCUT2D eigenvalue weighted by Crippen LogP contribution is -2.47. The Labute approximate surface area is 164 Å². The minimum atomic E-state index is -0.614. The average molecular weight is 393 g/mol. The van der Waals surface area contributed by atoms with Gasteiger partial charge in [0.2, 0.25) is 0 Å². The summed E-state index contributed by atoms with van der Waals surface area (Å²) in [5.41, 5.74) is -0.662. The first-order valence-electron chi connectivity index (χ1n) is 9.03. The Balaban J connectivity index is 2.29. The molecule has 0 bridgehead atoms. The molecule has 0 spiro atoms. The van der Waals surface area contributed by atoms with Crippen LogP contribution < -0.4 is 4.74 Å². The van der Waals surface area contributed by atoms with Gasteiger partial charge in [0.05, 0.1) is 17.0 Å². The first-order chi connectivity index (χ1) is 12.9. The highest BCUT2D eigenvalue weighted by molar-refractivity contribution is 5.97. The summed E-state index contributed by atoms with van der Waals surface area (Å²) in [6, 6.07) is 3.95. The second kappa shape index (κ2) is 8.04. The summed E-state index contributed by atoms with van der Waals surface area (Å²) in [6.07, 6.45) is -0.896. The van der Waals surface area contributed by atoms with Gasteiger partial charge in [0.15, 0.2) is 0 Å². The Morgan fingerprint density at radius 3 is 2.64 bits per heavy atom. The van der Waals surface area contributed by atoms with Crippen molar-refractivity contribution in [2.24, 2.45) is 5.92 Å². The number of rotatable bonds is 3. The summed E-state index contributed by atoms with van der Waals surface area (Å²) in [5.74, 6) is -0.164. The van der Waals surface area contributed by atoms with Gasteiger partial charge < -0.3 is 19.3 Å². The van der Waals surface area contributed by atoms with E-state index in [-0.39, 0.29) is 35.4 Å². The number of carbonyl (C=O) groups excluding carboxylic acids is 2. The van der Waals surface area contributed by atoms with Crippen molar-refractivity contribution in [3.8, 4) is 5.75 Å². The Hall–Kier alpha value is -2.84. The summed E-state index contributed by atoms with van der Waals surface area (Å²) >= 11 is 0. The molecule has 28 heavy (non-hydrogen) atoms. The van der Waals surface area contributed by atoms with Crippen LogP contribution in [0, 0.1) is 16.0 Å². The predicted molar refractivity (Wildman–Crippen MR) is 103 cm³/mol. The molecule has 0 aliphatic carbocycles. The van der Waals surface area contributed by atoms with E-state index >= 15 is 0 Å². The van der Waals surface area contributed by atoms with Gasteiger partial charge in [0.1, 0.15) is 17.5 Å². The van der Waals surface area contributed by atoms with Crippen LogP contribution in [0.25, 0.3) is 0 Å². The maximum absolute atomic E-state index is 12.6. The van der Waals surface area contributed by atoms with Crippen LogP contribution in [0.4, 0.5) is 10.5 Å². The topological polar surface area (TPSA) is 102 Å². The van der Waals surface area contributed by atoms with Crippen LogP contribution in [0.5, 0.6) is 5.75 Å². The number of carbonyl (C=O) groups is 2. The summed E-state index contributed by atoms with van der Waals surface area (Å²) in [7, 11) is 3.26. The minimum absolute atomic E-state index is 0.0813. The first kappa shape index (κ1) is 21.5. The van der Waals surface area contributed by atoms with Gasteiger partial charge in [-0.2, -0.15) is 0 Å². The van der Waals surface area contributed by atoms with E-state index in [0.29, 0.717) is 6.54 Å². The van der Waals surface area contributed by atoms with Crippen molar-refractivity contribution in [2.45, 2.75) is 39.4 Å². The lowest BCUT2D eigenvalue weighted by molar-refractivity contribution is -0.384. The predicted octanol–water partition coefficient (Wildman–Crippen LogP) is 2.93. The summed E-state index contributed by atoms with van der Waals surface area (Å²) in [4.78, 5) is 38.4. The molecule has 0 fully saturated rings. The van der Waals surface area contributed by atoms with Gasteiger partial charge in [0.25, 0.3) is 11.6 Å². The van der Waals surface area contributed by atoms with Gasteiger partial charge in [-0.15, -0.1) is 0 Å². The quantitative estimate of drug-likeness (QED) is 0.578. The van der Waals surface area contributed by atoms with Gasteiger partial charge in [-0.1, -0.05) is 6.92 Å². The fourth-order valence-electron chi connectivity index (χ4n) is 2.92. The van der Waals surface area contributed by atoms with E-state index in [1.165, 1.54) is 28.0 Å². The van der Waals surface area contributed by atoms with Crippen molar-refractivity contribution >= 4 is 17.7 Å². The monoisotopic (exact) mass is 393 g/mol. The molecule has 1 aliphatic rings. The molecule has 154 valence electrons. The zero-order valence-electron chi connectivity index (χ0n) is 17.1. The van der Waals surface area contributed by atoms with Crippen LogP contribution in [0.1, 0.15) is 38.1 Å². The lowest BCUT2D eigenvalue weighted by Gasteiger charge is -2.35. The molecule has 0 saturated heterocycles. The molecule has 0 radical (unpaired) electrons. The van der Waals surface area contributed by atoms with E-state index in [1.807, 2.05) is 6.92 Å². The summed E-state index contributed by atoms with van der Waals surface area (Å²) in [5, 5.41) is 11.1. The molecule has 2 atom stereocenters. The van der Waals surface area contributed by atoms with Gasteiger partial charge in [0, 0.05) is 38.7 Å². The standard InChI is InChI=1S/C19H27N3O6/c1-12-10-20(5)17(23)14-9-13(22(25)26)7-8-15(14)27-16(12)11-21(6)18(24)28-19(2,3)4/h7-9,12,16H,10-11H2,1-6H3/t12-,16-/m1/s1. The minimum Gasteiger partial charge on any atom is -0.487 e. The van der Waals surface area contributed by atoms with Crippen molar-refractivity contribution in [2.75, 3.05) is 27.2 Å². The van der Waals surface area contributed by atoms with Crippen molar-refractivity contribution < 1.29 is 24.0 Å². The van der Waals surface area contributed by atoms with E-state index in [4.69, 9.17) is 9.47 Å². The van der Waals surface area contributed by atoms with Gasteiger partial charge in [-0.05, 0) is 26.8 Å². The zero-order chi connectivity index (χ0) is 21.2. The second-order valence-electron chi connectivity index (χ2n) is 8.12. The van der Waals surface area contributed by atoms with Crippen LogP contribution >= 0.6 is 0 Å². The van der Waals surface area contributed by atoms with Crippen molar-refractivity contribution in [1.29, 1.82) is 0 Å². The Morgan fingerprint density at radius 2 is 2.07 bits per heavy atom. The number of nitrogens with zero attached hydrogens (tertiary/aromatic N) is 3. The maximum Gasteiger partial charge on any atom is 0.410 e. The van der Waals surface area contributed by atoms with E-state index in [2.05, 4.69) is 0 Å². The molecular formula is C19H27N3O6. The van der Waals surface area contributed by atoms with Crippen LogP contribution in [0.3, 0.4) is 0 Å². The molecule has 0 unspecified atom stereocenters. The number of hydrogen-bond donors (Lipinski definition) is 0. The number of fused-ring (bicyclic) bond motifs is 1. The molecule has 0 aromatic heterocycles. The number of hydrogen-bond acceptors (Lipinski definition) is 6. The number of likely N-dealkylation sites (N-methyl/N-ethyl adjacent to an activating group) is 1. The summed E-state index contributed by atoms with van der Waals surface area (Å²) in [6.45, 7) is 7.92. The molecule has 0 saturated carbocycles. The van der Waals surface area contributed by atoms with Crippen LogP contribution in [-0.2, 0) is 4.74 Å². The molecule has 1 aliphatic heterocycles. The van der Waals surface area contributed by atoms with Crippen LogP contribution in [0.2, 0.25) is 0 Å². The maximum atomic E-state index is 12.6. The van der Waals surface area contributed by atoms with Gasteiger partial charge in [-0.3, -0.25) is 14.9 Å². The van der Waals surface area contributed by atoms with E-state index < -0.39 is 22.7 Å². The molecule has 1 heterocycles. The Kier molecular flexibility index (Phi) is 6.16. The normalized spacial score (nSPS) is 19.8. The highest BCUT2D eigenvalue weighted by atomic mass is 16.6. The van der Waals surface area contributed by atoms with Crippen LogP contribution in [0.15, 0.2) is 18.2 Å². The number of nitro benzene ring substituents is 1. The smallest absolute Gasteiger partial charge is 0.410 e. The second-order valence-corrected chi connectivity index (χ2v) is 8.12. The number of nitro groups is 1. The van der Waals surface area contributed by atoms with Crippen molar-refractivity contribution in [3.63, 3.8) is 0 Å². The third kappa shape index (κ3) is 5.11. The fraction of sp³-hybridized carbons (Fsp3) is 0.579. The molecule has 0 N–H and O–H groups in total. The molecule has 2 amide bonds. The Bertz CT molecular complexity index is 773. The third-order valence-corrected chi connectivity index (χ3v) is 4.38. The van der Waals surface area contributed by atoms with Gasteiger partial charge in [-0.25, -0.2) is 4.79 Å². The Morgan fingerprint density at radius 1 is 1.43 bits per heavy atom. The highest BCUT2D eigenvalue weighted by Gasteiger charge is 2.32. The van der Waals surface area contributed by atoms with E-state index in [0.717, 1.165) is 0 Å². The van der Waals surface area contributed by atoms with Crippen molar-refractivity contribution in [1.82, 2.24) is 9.80 Å². The van der Waals surface area contributed by atoms with E-state index in [1.54, 1.807) is 34.9 Å². The fourth-order valence-corrected chi connectivity index (χ4v) is 2.92. The molecule has 9 heteroatoms. The van der Waals surface area contributed by atoms with Gasteiger partial charge >= 0.3 is 6.09 Å². The number of non-ortho nitro benzene ring substituents is 1. The number of amides is 2. The largest absolute Gasteiger partial charge is 0.487 e. The average Bonchev–Trinajstić information content (AvgIpc) is 2.58. The third-order valence-electron chi connectivity index (χ3n) is 4.38. The van der Waals surface area contributed by atoms with E-state index in [9.17, 15) is 19.7 Å². The molecule has 1 aromatic rings. The highest BCUT2D eigenvalue weighted by Crippen LogP contribution is 2.30. The molecule has 1 aromatic carbocycles. The number of benzene rings is 1. The zero-order valence-corrected chi connectivity index (χ0v) is 17.1. The van der Waals surface area contributed by atoms with Crippen LogP contribution in [-0.4, -0.2) is 65.6 Å².